The average molecular weight is 365 g/mol. The summed E-state index contributed by atoms with van der Waals surface area (Å²) in [5, 5.41) is 0. The smallest absolute Gasteiger partial charge is 0.0471 e. The number of benzene rings is 3. The van der Waals surface area contributed by atoms with Crippen LogP contribution in [0.15, 0.2) is 109 Å². The topological polar surface area (TPSA) is 0 Å². The number of allylic oxidation sites excluding steroid dienone is 4. The van der Waals surface area contributed by atoms with Gasteiger partial charge < -0.3 is 0 Å². The Bertz CT molecular complexity index is 945. The first kappa shape index (κ1) is 18.5. The standard InChI is InChI=1S/C28H28/c1-27(2,3)28(23-16-9-5-10-17-23,24-18-11-6-12-19-24)26-21-13-20-25(26)22-14-7-4-8-15-22/h4-20H,21H2,1-3H3. The molecule has 1 aliphatic rings. The van der Waals surface area contributed by atoms with E-state index in [1.165, 1.54) is 27.8 Å². The first-order valence-electron chi connectivity index (χ1n) is 10.1. The van der Waals surface area contributed by atoms with Gasteiger partial charge in [-0.2, -0.15) is 0 Å². The van der Waals surface area contributed by atoms with Crippen LogP contribution in [-0.4, -0.2) is 0 Å². The van der Waals surface area contributed by atoms with E-state index in [1.54, 1.807) is 0 Å². The zero-order valence-corrected chi connectivity index (χ0v) is 17.0. The lowest BCUT2D eigenvalue weighted by atomic mass is 9.54. The van der Waals surface area contributed by atoms with Crippen molar-refractivity contribution in [3.8, 4) is 0 Å². The van der Waals surface area contributed by atoms with Crippen molar-refractivity contribution in [2.75, 3.05) is 0 Å². The Morgan fingerprint density at radius 2 is 1.07 bits per heavy atom. The van der Waals surface area contributed by atoms with Gasteiger partial charge in [-0.25, -0.2) is 0 Å². The minimum absolute atomic E-state index is 0.00289. The predicted molar refractivity (Wildman–Crippen MR) is 120 cm³/mol. The van der Waals surface area contributed by atoms with Gasteiger partial charge in [0, 0.05) is 5.41 Å². The second-order valence-corrected chi connectivity index (χ2v) is 8.60. The average Bonchev–Trinajstić information content (AvgIpc) is 3.20. The normalized spacial score (nSPS) is 14.5. The summed E-state index contributed by atoms with van der Waals surface area (Å²) in [6.45, 7) is 7.13. The lowest BCUT2D eigenvalue weighted by molar-refractivity contribution is 0.265. The van der Waals surface area contributed by atoms with Crippen LogP contribution in [0.5, 0.6) is 0 Å². The first-order chi connectivity index (χ1) is 13.5. The second-order valence-electron chi connectivity index (χ2n) is 8.60. The van der Waals surface area contributed by atoms with Crippen molar-refractivity contribution in [3.05, 3.63) is 125 Å². The molecule has 0 heteroatoms. The minimum Gasteiger partial charge on any atom is -0.0798 e. The van der Waals surface area contributed by atoms with Crippen LogP contribution in [0.3, 0.4) is 0 Å². The zero-order valence-electron chi connectivity index (χ0n) is 17.0. The summed E-state index contributed by atoms with van der Waals surface area (Å²) in [6.07, 6.45) is 5.62. The lowest BCUT2D eigenvalue weighted by Gasteiger charge is -2.48. The molecular formula is C28H28. The molecule has 0 fully saturated rings. The molecule has 3 aromatic rings. The lowest BCUT2D eigenvalue weighted by Crippen LogP contribution is -2.43. The maximum absolute atomic E-state index is 2.38. The highest BCUT2D eigenvalue weighted by Crippen LogP contribution is 2.56. The Morgan fingerprint density at radius 1 is 0.607 bits per heavy atom. The quantitative estimate of drug-likeness (QED) is 0.451. The summed E-state index contributed by atoms with van der Waals surface area (Å²) in [5.74, 6) is 0. The van der Waals surface area contributed by atoms with Crippen LogP contribution in [0.2, 0.25) is 0 Å². The fourth-order valence-corrected chi connectivity index (χ4v) is 4.96. The van der Waals surface area contributed by atoms with Crippen molar-refractivity contribution in [2.45, 2.75) is 32.6 Å². The summed E-state index contributed by atoms with van der Waals surface area (Å²) in [5.41, 5.74) is 6.67. The third kappa shape index (κ3) is 2.94. The Kier molecular flexibility index (Phi) is 4.81. The molecule has 0 amide bonds. The molecule has 0 aromatic heterocycles. The Hall–Kier alpha value is -2.86. The van der Waals surface area contributed by atoms with Gasteiger partial charge in [0.15, 0.2) is 0 Å². The molecule has 0 heterocycles. The largest absolute Gasteiger partial charge is 0.0798 e. The number of rotatable bonds is 4. The van der Waals surface area contributed by atoms with Crippen molar-refractivity contribution in [2.24, 2.45) is 5.41 Å². The van der Waals surface area contributed by atoms with Crippen molar-refractivity contribution >= 4 is 5.57 Å². The molecule has 0 bridgehead atoms. The molecule has 140 valence electrons. The molecule has 0 radical (unpaired) electrons. The highest BCUT2D eigenvalue weighted by Gasteiger charge is 2.48. The number of hydrogen-bond acceptors (Lipinski definition) is 0. The molecular weight excluding hydrogens is 336 g/mol. The van der Waals surface area contributed by atoms with E-state index >= 15 is 0 Å². The van der Waals surface area contributed by atoms with Crippen molar-refractivity contribution in [3.63, 3.8) is 0 Å². The minimum atomic E-state index is -0.204. The van der Waals surface area contributed by atoms with Gasteiger partial charge >= 0.3 is 0 Å². The van der Waals surface area contributed by atoms with Crippen molar-refractivity contribution < 1.29 is 0 Å². The van der Waals surface area contributed by atoms with Crippen LogP contribution in [0.4, 0.5) is 0 Å². The molecule has 4 rings (SSSR count). The van der Waals surface area contributed by atoms with E-state index in [2.05, 4.69) is 124 Å². The van der Waals surface area contributed by atoms with Gasteiger partial charge in [-0.05, 0) is 39.7 Å². The van der Waals surface area contributed by atoms with E-state index in [9.17, 15) is 0 Å². The van der Waals surface area contributed by atoms with E-state index in [0.717, 1.165) is 6.42 Å². The van der Waals surface area contributed by atoms with E-state index in [1.807, 2.05) is 0 Å². The van der Waals surface area contributed by atoms with Crippen LogP contribution in [0.1, 0.15) is 43.9 Å². The van der Waals surface area contributed by atoms with Gasteiger partial charge in [-0.15, -0.1) is 0 Å². The highest BCUT2D eigenvalue weighted by molar-refractivity contribution is 5.83. The summed E-state index contributed by atoms with van der Waals surface area (Å²) in [6, 6.07) is 32.9. The van der Waals surface area contributed by atoms with Crippen molar-refractivity contribution in [1.82, 2.24) is 0 Å². The molecule has 0 N–H and O–H groups in total. The highest BCUT2D eigenvalue weighted by atomic mass is 14.5. The summed E-state index contributed by atoms with van der Waals surface area (Å²) < 4.78 is 0. The Labute approximate surface area is 169 Å². The molecule has 0 spiro atoms. The second kappa shape index (κ2) is 7.28. The predicted octanol–water partition coefficient (Wildman–Crippen LogP) is 7.43. The van der Waals surface area contributed by atoms with Crippen LogP contribution >= 0.6 is 0 Å². The summed E-state index contributed by atoms with van der Waals surface area (Å²) >= 11 is 0. The summed E-state index contributed by atoms with van der Waals surface area (Å²) in [7, 11) is 0. The molecule has 0 saturated carbocycles. The molecule has 0 atom stereocenters. The van der Waals surface area contributed by atoms with Crippen LogP contribution in [-0.2, 0) is 5.41 Å². The van der Waals surface area contributed by atoms with E-state index in [4.69, 9.17) is 0 Å². The molecule has 28 heavy (non-hydrogen) atoms. The third-order valence-corrected chi connectivity index (χ3v) is 6.01. The fraction of sp³-hybridized carbons (Fsp3) is 0.214. The molecule has 0 nitrogen and oxygen atoms in total. The molecule has 0 saturated heterocycles. The molecule has 0 unspecified atom stereocenters. The van der Waals surface area contributed by atoms with Gasteiger partial charge in [0.1, 0.15) is 0 Å². The maximum Gasteiger partial charge on any atom is 0.0471 e. The van der Waals surface area contributed by atoms with Crippen LogP contribution in [0, 0.1) is 5.41 Å². The van der Waals surface area contributed by atoms with E-state index < -0.39 is 0 Å². The Balaban J connectivity index is 2.10. The Morgan fingerprint density at radius 3 is 1.54 bits per heavy atom. The summed E-state index contributed by atoms with van der Waals surface area (Å²) in [4.78, 5) is 0. The van der Waals surface area contributed by atoms with Gasteiger partial charge in [0.05, 0.1) is 0 Å². The van der Waals surface area contributed by atoms with Crippen molar-refractivity contribution in [1.29, 1.82) is 0 Å². The molecule has 0 aliphatic heterocycles. The van der Waals surface area contributed by atoms with Crippen LogP contribution in [0.25, 0.3) is 5.57 Å². The first-order valence-corrected chi connectivity index (χ1v) is 10.1. The molecule has 3 aromatic carbocycles. The van der Waals surface area contributed by atoms with E-state index in [0.29, 0.717) is 0 Å². The van der Waals surface area contributed by atoms with Gasteiger partial charge in [0.25, 0.3) is 0 Å². The fourth-order valence-electron chi connectivity index (χ4n) is 4.96. The van der Waals surface area contributed by atoms with Gasteiger partial charge in [-0.1, -0.05) is 124 Å². The monoisotopic (exact) mass is 364 g/mol. The van der Waals surface area contributed by atoms with E-state index in [-0.39, 0.29) is 10.8 Å². The third-order valence-electron chi connectivity index (χ3n) is 6.01. The SMILES string of the molecule is CC(C)(C)C(C1=C(c2ccccc2)C=CC1)(c1ccccc1)c1ccccc1. The molecule has 1 aliphatic carbocycles. The zero-order chi connectivity index (χ0) is 19.6. The maximum atomic E-state index is 2.38. The van der Waals surface area contributed by atoms with Gasteiger partial charge in [-0.3, -0.25) is 0 Å². The number of hydrogen-bond donors (Lipinski definition) is 0. The van der Waals surface area contributed by atoms with Gasteiger partial charge in [0.2, 0.25) is 0 Å². The van der Waals surface area contributed by atoms with Crippen LogP contribution < -0.4 is 0 Å².